The third kappa shape index (κ3) is 3.88. The smallest absolute Gasteiger partial charge is 0.254 e. The SMILES string of the molecule is O=C(NCc1sccc1C#CCO)c1ccc(F)cc1F. The summed E-state index contributed by atoms with van der Waals surface area (Å²) in [4.78, 5) is 12.7. The molecular weight excluding hydrogens is 296 g/mol. The zero-order valence-electron chi connectivity index (χ0n) is 10.8. The summed E-state index contributed by atoms with van der Waals surface area (Å²) in [5.74, 6) is 3.02. The number of hydrogen-bond donors (Lipinski definition) is 2. The Morgan fingerprint density at radius 3 is 2.86 bits per heavy atom. The van der Waals surface area contributed by atoms with Crippen molar-refractivity contribution in [1.29, 1.82) is 0 Å². The number of benzene rings is 1. The second kappa shape index (κ2) is 6.97. The van der Waals surface area contributed by atoms with E-state index in [1.54, 1.807) is 11.4 Å². The lowest BCUT2D eigenvalue weighted by atomic mass is 10.2. The molecule has 2 N–H and O–H groups in total. The summed E-state index contributed by atoms with van der Waals surface area (Å²) in [5, 5.41) is 13.0. The van der Waals surface area contributed by atoms with Gasteiger partial charge in [-0.3, -0.25) is 4.79 Å². The van der Waals surface area contributed by atoms with Crippen LogP contribution in [0.2, 0.25) is 0 Å². The Hall–Kier alpha value is -2.23. The van der Waals surface area contributed by atoms with Crippen LogP contribution in [0.15, 0.2) is 29.6 Å². The van der Waals surface area contributed by atoms with Gasteiger partial charge in [0.15, 0.2) is 0 Å². The van der Waals surface area contributed by atoms with E-state index in [0.717, 1.165) is 17.0 Å². The molecule has 21 heavy (non-hydrogen) atoms. The highest BCUT2D eigenvalue weighted by atomic mass is 32.1. The van der Waals surface area contributed by atoms with E-state index in [4.69, 9.17) is 5.11 Å². The maximum atomic E-state index is 13.5. The number of carbonyl (C=O) groups is 1. The van der Waals surface area contributed by atoms with Gasteiger partial charge in [0, 0.05) is 16.5 Å². The van der Waals surface area contributed by atoms with Crippen molar-refractivity contribution in [3.8, 4) is 11.8 Å². The third-order valence-electron chi connectivity index (χ3n) is 2.63. The number of aliphatic hydroxyl groups excluding tert-OH is 1. The molecular formula is C15H11F2NO2S. The average molecular weight is 307 g/mol. The van der Waals surface area contributed by atoms with Crippen LogP contribution in [-0.2, 0) is 6.54 Å². The van der Waals surface area contributed by atoms with Crippen molar-refractivity contribution in [2.24, 2.45) is 0 Å². The second-order valence-electron chi connectivity index (χ2n) is 4.02. The van der Waals surface area contributed by atoms with Crippen LogP contribution in [0.4, 0.5) is 8.78 Å². The molecule has 0 saturated carbocycles. The van der Waals surface area contributed by atoms with Crippen molar-refractivity contribution in [2.75, 3.05) is 6.61 Å². The molecule has 3 nitrogen and oxygen atoms in total. The van der Waals surface area contributed by atoms with Crippen molar-refractivity contribution in [3.63, 3.8) is 0 Å². The molecule has 108 valence electrons. The first-order chi connectivity index (χ1) is 10.1. The number of rotatable bonds is 3. The number of thiophene rings is 1. The summed E-state index contributed by atoms with van der Waals surface area (Å²) in [6.45, 7) is -0.0643. The molecule has 2 rings (SSSR count). The van der Waals surface area contributed by atoms with Crippen LogP contribution < -0.4 is 5.32 Å². The molecule has 6 heteroatoms. The highest BCUT2D eigenvalue weighted by Gasteiger charge is 2.13. The number of aliphatic hydroxyl groups is 1. The van der Waals surface area contributed by atoms with Gasteiger partial charge in [-0.25, -0.2) is 8.78 Å². The molecule has 0 aliphatic heterocycles. The topological polar surface area (TPSA) is 49.3 Å². The van der Waals surface area contributed by atoms with Crippen LogP contribution in [0.5, 0.6) is 0 Å². The third-order valence-corrected chi connectivity index (χ3v) is 3.55. The van der Waals surface area contributed by atoms with Gasteiger partial charge in [-0.1, -0.05) is 11.8 Å². The lowest BCUT2D eigenvalue weighted by molar-refractivity contribution is 0.0947. The molecule has 0 saturated heterocycles. The van der Waals surface area contributed by atoms with Gasteiger partial charge in [-0.05, 0) is 23.6 Å². The van der Waals surface area contributed by atoms with E-state index in [-0.39, 0.29) is 18.7 Å². The van der Waals surface area contributed by atoms with Crippen LogP contribution in [0, 0.1) is 23.5 Å². The van der Waals surface area contributed by atoms with Crippen LogP contribution >= 0.6 is 11.3 Å². The molecule has 0 bridgehead atoms. The highest BCUT2D eigenvalue weighted by Crippen LogP contribution is 2.16. The fourth-order valence-electron chi connectivity index (χ4n) is 1.65. The normalized spacial score (nSPS) is 9.86. The van der Waals surface area contributed by atoms with Gasteiger partial charge < -0.3 is 10.4 Å². The van der Waals surface area contributed by atoms with Crippen molar-refractivity contribution < 1.29 is 18.7 Å². The second-order valence-corrected chi connectivity index (χ2v) is 5.02. The molecule has 1 aromatic heterocycles. The molecule has 1 heterocycles. The average Bonchev–Trinajstić information content (AvgIpc) is 2.90. The molecule has 0 unspecified atom stereocenters. The van der Waals surface area contributed by atoms with E-state index >= 15 is 0 Å². The Balaban J connectivity index is 2.06. The Bertz CT molecular complexity index is 716. The Morgan fingerprint density at radius 1 is 1.33 bits per heavy atom. The van der Waals surface area contributed by atoms with Crippen molar-refractivity contribution >= 4 is 17.2 Å². The number of carbonyl (C=O) groups excluding carboxylic acids is 1. The summed E-state index contributed by atoms with van der Waals surface area (Å²) in [7, 11) is 0. The standard InChI is InChI=1S/C15H11F2NO2S/c16-11-3-4-12(13(17)8-11)15(20)18-9-14-10(2-1-6-19)5-7-21-14/h3-5,7-8,19H,6,9H2,(H,18,20). The fraction of sp³-hybridized carbons (Fsp3) is 0.133. The molecule has 0 spiro atoms. The van der Waals surface area contributed by atoms with E-state index in [2.05, 4.69) is 17.2 Å². The Labute approximate surface area is 124 Å². The summed E-state index contributed by atoms with van der Waals surface area (Å²) >= 11 is 1.39. The van der Waals surface area contributed by atoms with Gasteiger partial charge in [0.25, 0.3) is 5.91 Å². The van der Waals surface area contributed by atoms with E-state index in [1.165, 1.54) is 11.3 Å². The maximum absolute atomic E-state index is 13.5. The summed E-state index contributed by atoms with van der Waals surface area (Å²) in [6, 6.07) is 4.56. The zero-order chi connectivity index (χ0) is 15.2. The fourth-order valence-corrected chi connectivity index (χ4v) is 2.42. The monoisotopic (exact) mass is 307 g/mol. The van der Waals surface area contributed by atoms with Gasteiger partial charge in [-0.2, -0.15) is 0 Å². The predicted octanol–water partition coefficient (Wildman–Crippen LogP) is 2.30. The van der Waals surface area contributed by atoms with Gasteiger partial charge in [0.1, 0.15) is 18.2 Å². The molecule has 0 atom stereocenters. The predicted molar refractivity (Wildman–Crippen MR) is 75.8 cm³/mol. The molecule has 0 radical (unpaired) electrons. The van der Waals surface area contributed by atoms with Gasteiger partial charge in [-0.15, -0.1) is 11.3 Å². The minimum Gasteiger partial charge on any atom is -0.384 e. The van der Waals surface area contributed by atoms with E-state index in [0.29, 0.717) is 11.6 Å². The lowest BCUT2D eigenvalue weighted by Gasteiger charge is -2.05. The molecule has 0 fully saturated rings. The summed E-state index contributed by atoms with van der Waals surface area (Å²) in [5.41, 5.74) is 0.491. The first-order valence-electron chi connectivity index (χ1n) is 6.01. The zero-order valence-corrected chi connectivity index (χ0v) is 11.6. The van der Waals surface area contributed by atoms with Crippen molar-refractivity contribution in [1.82, 2.24) is 5.32 Å². The van der Waals surface area contributed by atoms with E-state index in [1.807, 2.05) is 0 Å². The first-order valence-corrected chi connectivity index (χ1v) is 6.89. The minimum absolute atomic E-state index is 0.183. The summed E-state index contributed by atoms with van der Waals surface area (Å²) < 4.78 is 26.2. The van der Waals surface area contributed by atoms with Crippen molar-refractivity contribution in [2.45, 2.75) is 6.54 Å². The minimum atomic E-state index is -0.904. The number of hydrogen-bond acceptors (Lipinski definition) is 3. The first kappa shape index (κ1) is 15.2. The van der Waals surface area contributed by atoms with Crippen LogP contribution in [0.3, 0.4) is 0 Å². The van der Waals surface area contributed by atoms with E-state index in [9.17, 15) is 13.6 Å². The van der Waals surface area contributed by atoms with Crippen LogP contribution in [0.1, 0.15) is 20.8 Å². The van der Waals surface area contributed by atoms with Crippen molar-refractivity contribution in [3.05, 3.63) is 57.3 Å². The summed E-state index contributed by atoms with van der Waals surface area (Å²) in [6.07, 6.45) is 0. The van der Waals surface area contributed by atoms with Gasteiger partial charge in [0.2, 0.25) is 0 Å². The maximum Gasteiger partial charge on any atom is 0.254 e. The van der Waals surface area contributed by atoms with E-state index < -0.39 is 17.5 Å². The Kier molecular flexibility index (Phi) is 5.04. The number of nitrogens with one attached hydrogen (secondary N) is 1. The quantitative estimate of drug-likeness (QED) is 0.855. The largest absolute Gasteiger partial charge is 0.384 e. The molecule has 0 aliphatic rings. The molecule has 0 aliphatic carbocycles. The number of amides is 1. The highest BCUT2D eigenvalue weighted by molar-refractivity contribution is 7.10. The lowest BCUT2D eigenvalue weighted by Crippen LogP contribution is -2.23. The van der Waals surface area contributed by atoms with Crippen LogP contribution in [-0.4, -0.2) is 17.6 Å². The van der Waals surface area contributed by atoms with Gasteiger partial charge in [0.05, 0.1) is 12.1 Å². The molecule has 1 aromatic carbocycles. The number of halogens is 2. The van der Waals surface area contributed by atoms with Crippen LogP contribution in [0.25, 0.3) is 0 Å². The molecule has 1 amide bonds. The molecule has 2 aromatic rings. The Morgan fingerprint density at radius 2 is 2.14 bits per heavy atom. The van der Waals surface area contributed by atoms with Gasteiger partial charge >= 0.3 is 0 Å².